The normalized spacial score (nSPS) is 25.1. The summed E-state index contributed by atoms with van der Waals surface area (Å²) in [7, 11) is 0. The monoisotopic (exact) mass is 619 g/mol. The molecule has 0 atom stereocenters. The Bertz CT molecular complexity index is 1420. The highest BCUT2D eigenvalue weighted by atomic mass is 32.1. The molecule has 0 amide bonds. The summed E-state index contributed by atoms with van der Waals surface area (Å²) in [5.41, 5.74) is -2.05. The Morgan fingerprint density at radius 3 is 2.40 bits per heavy atom. The lowest BCUT2D eigenvalue weighted by Crippen LogP contribution is -2.44. The van der Waals surface area contributed by atoms with Gasteiger partial charge in [-0.05, 0) is 69.8 Å². The number of hydrogen-bond acceptors (Lipinski definition) is 7. The van der Waals surface area contributed by atoms with Crippen molar-refractivity contribution in [2.45, 2.75) is 95.9 Å². The van der Waals surface area contributed by atoms with Gasteiger partial charge in [-0.15, -0.1) is 16.4 Å². The molecule has 2 heterocycles. The van der Waals surface area contributed by atoms with Crippen LogP contribution in [-0.4, -0.2) is 51.9 Å². The number of Topliss-reactive ketones (excluding diaryl/α,β-unsaturated/α-hetero) is 1. The third-order valence-electron chi connectivity index (χ3n) is 9.21. The Labute approximate surface area is 252 Å². The number of carboxylic acids is 1. The molecular weight excluding hydrogens is 583 g/mol. The Kier molecular flexibility index (Phi) is 9.20. The summed E-state index contributed by atoms with van der Waals surface area (Å²) >= 11 is 0.857. The maximum absolute atomic E-state index is 13.7. The third-order valence-corrected chi connectivity index (χ3v) is 10.2. The number of aromatic nitrogens is 2. The number of aromatic amines is 1. The van der Waals surface area contributed by atoms with Gasteiger partial charge < -0.3 is 14.7 Å². The largest absolute Gasteiger partial charge is 0.477 e. The third kappa shape index (κ3) is 7.08. The van der Waals surface area contributed by atoms with Crippen LogP contribution in [0.2, 0.25) is 0 Å². The van der Waals surface area contributed by atoms with E-state index in [-0.39, 0.29) is 58.5 Å². The van der Waals surface area contributed by atoms with E-state index in [1.54, 1.807) is 6.07 Å². The molecule has 3 fully saturated rings. The quantitative estimate of drug-likeness (QED) is 0.338. The smallest absolute Gasteiger partial charge is 0.405 e. The van der Waals surface area contributed by atoms with Crippen LogP contribution < -0.4 is 15.2 Å². The summed E-state index contributed by atoms with van der Waals surface area (Å²) in [6, 6.07) is 4.21. The first kappa shape index (κ1) is 31.1. The standard InChI is InChI=1S/C31H36F3N3O5S/c1-19-3-5-20(6-4-19)25(38)18-37(21-7-9-22(10-8-21)42-27-12-11-26(39)35-36-27)24-17-23(43-28(24)29(40)41)13-16-30(14-2-15-30)31(32,33)34/h11-12,17,19-22H,2-10,14-15,18H2,1H3,(H,35,39)(H,40,41). The van der Waals surface area contributed by atoms with Gasteiger partial charge in [0, 0.05) is 24.1 Å². The van der Waals surface area contributed by atoms with Crippen molar-refractivity contribution in [2.75, 3.05) is 11.4 Å². The van der Waals surface area contributed by atoms with E-state index >= 15 is 0 Å². The molecular formula is C31H36F3N3O5S. The number of halogens is 3. The molecule has 0 aliphatic heterocycles. The fourth-order valence-corrected chi connectivity index (χ4v) is 7.19. The zero-order valence-electron chi connectivity index (χ0n) is 24.0. The van der Waals surface area contributed by atoms with Gasteiger partial charge in [0.25, 0.3) is 5.56 Å². The maximum atomic E-state index is 13.7. The van der Waals surface area contributed by atoms with E-state index in [4.69, 9.17) is 4.74 Å². The highest BCUT2D eigenvalue weighted by Crippen LogP contribution is 2.52. The molecule has 0 unspecified atom stereocenters. The summed E-state index contributed by atoms with van der Waals surface area (Å²) < 4.78 is 47.1. The average Bonchev–Trinajstić information content (AvgIpc) is 3.37. The van der Waals surface area contributed by atoms with Gasteiger partial charge in [-0.2, -0.15) is 13.2 Å². The topological polar surface area (TPSA) is 113 Å². The number of rotatable bonds is 8. The number of nitrogens with one attached hydrogen (secondary N) is 1. The average molecular weight is 620 g/mol. The molecule has 232 valence electrons. The summed E-state index contributed by atoms with van der Waals surface area (Å²) in [6.45, 7) is 2.21. The van der Waals surface area contributed by atoms with Crippen molar-refractivity contribution in [3.63, 3.8) is 0 Å². The van der Waals surface area contributed by atoms with Crippen molar-refractivity contribution >= 4 is 28.8 Å². The Balaban J connectivity index is 1.39. The first-order valence-corrected chi connectivity index (χ1v) is 15.7. The van der Waals surface area contributed by atoms with Crippen LogP contribution in [0.3, 0.4) is 0 Å². The van der Waals surface area contributed by atoms with E-state index in [0.717, 1.165) is 37.0 Å². The zero-order chi connectivity index (χ0) is 30.8. The SMILES string of the molecule is CC1CCC(C(=O)CN(c2cc(C#CC3(C(F)(F)F)CCC3)sc2C(=O)O)C2CCC(Oc3ccc(=O)[nH]n3)CC2)CC1. The fraction of sp³-hybridized carbons (Fsp3) is 0.613. The van der Waals surface area contributed by atoms with Crippen molar-refractivity contribution < 1.29 is 32.6 Å². The second-order valence-electron chi connectivity index (χ2n) is 12.2. The molecule has 2 N–H and O–H groups in total. The molecule has 0 saturated heterocycles. The van der Waals surface area contributed by atoms with Crippen molar-refractivity contribution in [3.8, 4) is 17.7 Å². The van der Waals surface area contributed by atoms with E-state index in [0.29, 0.717) is 49.6 Å². The van der Waals surface area contributed by atoms with E-state index in [2.05, 4.69) is 29.0 Å². The van der Waals surface area contributed by atoms with Gasteiger partial charge >= 0.3 is 12.1 Å². The number of thiophene rings is 1. The van der Waals surface area contributed by atoms with Crippen LogP contribution in [-0.2, 0) is 4.79 Å². The van der Waals surface area contributed by atoms with Gasteiger partial charge in [-0.1, -0.05) is 31.6 Å². The second kappa shape index (κ2) is 12.7. The molecule has 3 saturated carbocycles. The zero-order valence-corrected chi connectivity index (χ0v) is 24.9. The van der Waals surface area contributed by atoms with Crippen molar-refractivity contribution in [3.05, 3.63) is 38.3 Å². The molecule has 3 aliphatic rings. The number of H-pyrrole nitrogens is 1. The minimum Gasteiger partial charge on any atom is -0.477 e. The van der Waals surface area contributed by atoms with Crippen molar-refractivity contribution in [1.29, 1.82) is 0 Å². The van der Waals surface area contributed by atoms with E-state index in [9.17, 15) is 32.7 Å². The molecule has 8 nitrogen and oxygen atoms in total. The summed E-state index contributed by atoms with van der Waals surface area (Å²) in [6.07, 6.45) is 1.69. The van der Waals surface area contributed by atoms with Crippen LogP contribution in [0.1, 0.15) is 92.1 Å². The first-order chi connectivity index (χ1) is 20.4. The van der Waals surface area contributed by atoms with Gasteiger partial charge in [-0.25, -0.2) is 9.89 Å². The number of carboxylic acid groups (broad SMARTS) is 1. The Morgan fingerprint density at radius 2 is 1.84 bits per heavy atom. The molecule has 0 aromatic carbocycles. The number of carbonyl (C=O) groups is 2. The number of alkyl halides is 3. The van der Waals surface area contributed by atoms with Crippen LogP contribution >= 0.6 is 11.3 Å². The van der Waals surface area contributed by atoms with Gasteiger partial charge in [0.1, 0.15) is 16.4 Å². The predicted octanol–water partition coefficient (Wildman–Crippen LogP) is 6.21. The number of nitrogens with zero attached hydrogens (tertiary/aromatic N) is 2. The fourth-order valence-electron chi connectivity index (χ4n) is 6.33. The molecule has 3 aliphatic carbocycles. The van der Waals surface area contributed by atoms with Gasteiger partial charge in [0.15, 0.2) is 5.78 Å². The molecule has 0 bridgehead atoms. The molecule has 0 spiro atoms. The van der Waals surface area contributed by atoms with Crippen LogP contribution in [0.4, 0.5) is 18.9 Å². The summed E-state index contributed by atoms with van der Waals surface area (Å²) in [5.74, 6) is 4.71. The van der Waals surface area contributed by atoms with Crippen LogP contribution in [0.15, 0.2) is 23.0 Å². The van der Waals surface area contributed by atoms with Gasteiger partial charge in [0.05, 0.1) is 17.1 Å². The lowest BCUT2D eigenvalue weighted by Gasteiger charge is -2.38. The lowest BCUT2D eigenvalue weighted by atomic mass is 9.69. The van der Waals surface area contributed by atoms with Crippen molar-refractivity contribution in [1.82, 2.24) is 10.2 Å². The Hall–Kier alpha value is -3.33. The number of ketones is 1. The van der Waals surface area contributed by atoms with Crippen molar-refractivity contribution in [2.24, 2.45) is 17.3 Å². The second-order valence-corrected chi connectivity index (χ2v) is 13.2. The number of ether oxygens (including phenoxy) is 1. The van der Waals surface area contributed by atoms with E-state index < -0.39 is 17.6 Å². The van der Waals surface area contributed by atoms with E-state index in [1.807, 2.05) is 4.90 Å². The number of hydrogen-bond donors (Lipinski definition) is 2. The van der Waals surface area contributed by atoms with Crippen LogP contribution in [0.25, 0.3) is 0 Å². The minimum atomic E-state index is -4.45. The summed E-state index contributed by atoms with van der Waals surface area (Å²) in [4.78, 5) is 39.3. The van der Waals surface area contributed by atoms with Crippen LogP contribution in [0.5, 0.6) is 5.88 Å². The molecule has 5 rings (SSSR count). The number of aromatic carboxylic acids is 1. The van der Waals surface area contributed by atoms with Crippen LogP contribution in [0, 0.1) is 29.1 Å². The lowest BCUT2D eigenvalue weighted by molar-refractivity contribution is -0.225. The molecule has 0 radical (unpaired) electrons. The van der Waals surface area contributed by atoms with Gasteiger partial charge in [-0.3, -0.25) is 9.59 Å². The number of anilines is 1. The van der Waals surface area contributed by atoms with Gasteiger partial charge in [0.2, 0.25) is 5.88 Å². The molecule has 12 heteroatoms. The Morgan fingerprint density at radius 1 is 1.14 bits per heavy atom. The predicted molar refractivity (Wildman–Crippen MR) is 155 cm³/mol. The number of carbonyl (C=O) groups excluding carboxylic acids is 1. The van der Waals surface area contributed by atoms with E-state index in [1.165, 1.54) is 12.1 Å². The first-order valence-electron chi connectivity index (χ1n) is 14.9. The molecule has 2 aromatic rings. The maximum Gasteiger partial charge on any atom is 0.405 e. The highest BCUT2D eigenvalue weighted by Gasteiger charge is 2.57. The highest BCUT2D eigenvalue weighted by molar-refractivity contribution is 7.15. The molecule has 2 aromatic heterocycles. The minimum absolute atomic E-state index is 0.0279. The molecule has 43 heavy (non-hydrogen) atoms. The summed E-state index contributed by atoms with van der Waals surface area (Å²) in [5, 5.41) is 16.3.